The number of anilines is 1. The third kappa shape index (κ3) is 3.08. The Bertz CT molecular complexity index is 413. The standard InChI is InChI=1S/C12H15NO3/c1-4-16-12(15)13-11-7-10(9(3)14)6-5-8(11)2/h5-7H,4H2,1-3H3,(H,13,15). The van der Waals surface area contributed by atoms with Gasteiger partial charge in [-0.15, -0.1) is 0 Å². The van der Waals surface area contributed by atoms with Gasteiger partial charge in [-0.1, -0.05) is 12.1 Å². The molecule has 4 nitrogen and oxygen atoms in total. The second-order valence-corrected chi connectivity index (χ2v) is 3.43. The van der Waals surface area contributed by atoms with Crippen molar-refractivity contribution in [2.75, 3.05) is 11.9 Å². The first-order valence-corrected chi connectivity index (χ1v) is 5.10. The van der Waals surface area contributed by atoms with E-state index in [0.29, 0.717) is 17.9 Å². The summed E-state index contributed by atoms with van der Waals surface area (Å²) >= 11 is 0. The zero-order chi connectivity index (χ0) is 12.1. The van der Waals surface area contributed by atoms with Crippen LogP contribution in [0.3, 0.4) is 0 Å². The lowest BCUT2D eigenvalue weighted by Gasteiger charge is -2.09. The predicted octanol–water partition coefficient (Wildman–Crippen LogP) is 2.77. The molecular formula is C12H15NO3. The summed E-state index contributed by atoms with van der Waals surface area (Å²) in [6.07, 6.45) is -0.508. The van der Waals surface area contributed by atoms with Gasteiger partial charge in [0, 0.05) is 11.3 Å². The van der Waals surface area contributed by atoms with E-state index >= 15 is 0 Å². The smallest absolute Gasteiger partial charge is 0.411 e. The van der Waals surface area contributed by atoms with Gasteiger partial charge in [0.1, 0.15) is 0 Å². The van der Waals surface area contributed by atoms with Gasteiger partial charge in [0.05, 0.1) is 6.61 Å². The molecule has 1 amide bonds. The largest absolute Gasteiger partial charge is 0.450 e. The zero-order valence-corrected chi connectivity index (χ0v) is 9.66. The number of benzene rings is 1. The quantitative estimate of drug-likeness (QED) is 0.798. The lowest BCUT2D eigenvalue weighted by molar-refractivity contribution is 0.101. The Balaban J connectivity index is 2.90. The van der Waals surface area contributed by atoms with E-state index in [-0.39, 0.29) is 5.78 Å². The van der Waals surface area contributed by atoms with Crippen LogP contribution in [0.4, 0.5) is 10.5 Å². The molecule has 86 valence electrons. The third-order valence-corrected chi connectivity index (χ3v) is 2.16. The highest BCUT2D eigenvalue weighted by molar-refractivity contribution is 5.96. The minimum absolute atomic E-state index is 0.0353. The number of hydrogen-bond acceptors (Lipinski definition) is 3. The minimum Gasteiger partial charge on any atom is -0.450 e. The maximum absolute atomic E-state index is 11.2. The van der Waals surface area contributed by atoms with Crippen molar-refractivity contribution in [3.63, 3.8) is 0 Å². The molecule has 0 saturated carbocycles. The molecule has 4 heteroatoms. The van der Waals surface area contributed by atoms with Crippen molar-refractivity contribution in [2.24, 2.45) is 0 Å². The summed E-state index contributed by atoms with van der Waals surface area (Å²) in [7, 11) is 0. The monoisotopic (exact) mass is 221 g/mol. The van der Waals surface area contributed by atoms with Crippen LogP contribution in [0.5, 0.6) is 0 Å². The molecular weight excluding hydrogens is 206 g/mol. The van der Waals surface area contributed by atoms with E-state index < -0.39 is 6.09 Å². The van der Waals surface area contributed by atoms with Crippen molar-refractivity contribution in [2.45, 2.75) is 20.8 Å². The van der Waals surface area contributed by atoms with Crippen molar-refractivity contribution >= 4 is 17.6 Å². The number of nitrogens with one attached hydrogen (secondary N) is 1. The Kier molecular flexibility index (Phi) is 4.05. The molecule has 0 aliphatic rings. The second-order valence-electron chi connectivity index (χ2n) is 3.43. The minimum atomic E-state index is -0.508. The van der Waals surface area contributed by atoms with E-state index in [0.717, 1.165) is 5.56 Å². The van der Waals surface area contributed by atoms with Gasteiger partial charge < -0.3 is 4.74 Å². The van der Waals surface area contributed by atoms with Crippen LogP contribution in [0.1, 0.15) is 29.8 Å². The van der Waals surface area contributed by atoms with E-state index in [2.05, 4.69) is 5.32 Å². The fraction of sp³-hybridized carbons (Fsp3) is 0.333. The summed E-state index contributed by atoms with van der Waals surface area (Å²) in [6.45, 7) is 5.39. The first kappa shape index (κ1) is 12.2. The van der Waals surface area contributed by atoms with Crippen LogP contribution >= 0.6 is 0 Å². The first-order chi connectivity index (χ1) is 7.54. The molecule has 1 aromatic rings. The molecule has 0 unspecified atom stereocenters. The zero-order valence-electron chi connectivity index (χ0n) is 9.66. The Labute approximate surface area is 94.6 Å². The average Bonchev–Trinajstić information content (AvgIpc) is 2.21. The van der Waals surface area contributed by atoms with Gasteiger partial charge in [-0.05, 0) is 32.4 Å². The lowest BCUT2D eigenvalue weighted by Crippen LogP contribution is -2.14. The van der Waals surface area contributed by atoms with Crippen LogP contribution in [0, 0.1) is 6.92 Å². The predicted molar refractivity (Wildman–Crippen MR) is 61.8 cm³/mol. The summed E-state index contributed by atoms with van der Waals surface area (Å²) in [5, 5.41) is 2.59. The molecule has 0 aromatic heterocycles. The number of ether oxygens (including phenoxy) is 1. The van der Waals surface area contributed by atoms with Gasteiger partial charge in [0.2, 0.25) is 0 Å². The summed E-state index contributed by atoms with van der Waals surface area (Å²) in [5.41, 5.74) is 2.06. The number of carbonyl (C=O) groups excluding carboxylic acids is 2. The Hall–Kier alpha value is -1.84. The van der Waals surface area contributed by atoms with Crippen LogP contribution in [-0.2, 0) is 4.74 Å². The highest BCUT2D eigenvalue weighted by Crippen LogP contribution is 2.17. The van der Waals surface area contributed by atoms with Crippen LogP contribution < -0.4 is 5.32 Å². The molecule has 0 spiro atoms. The van der Waals surface area contributed by atoms with Crippen molar-refractivity contribution in [3.05, 3.63) is 29.3 Å². The number of Topliss-reactive ketones (excluding diaryl/α,β-unsaturated/α-hetero) is 1. The molecule has 1 rings (SSSR count). The summed E-state index contributed by atoms with van der Waals surface area (Å²) in [6, 6.07) is 5.17. The summed E-state index contributed by atoms with van der Waals surface area (Å²) in [5.74, 6) is -0.0353. The number of carbonyl (C=O) groups is 2. The number of amides is 1. The van der Waals surface area contributed by atoms with Crippen molar-refractivity contribution < 1.29 is 14.3 Å². The normalized spacial score (nSPS) is 9.69. The average molecular weight is 221 g/mol. The Morgan fingerprint density at radius 2 is 2.06 bits per heavy atom. The van der Waals surface area contributed by atoms with Gasteiger partial charge in [0.25, 0.3) is 0 Å². The number of rotatable bonds is 3. The molecule has 0 aliphatic carbocycles. The number of ketones is 1. The first-order valence-electron chi connectivity index (χ1n) is 5.10. The fourth-order valence-electron chi connectivity index (χ4n) is 1.25. The maximum Gasteiger partial charge on any atom is 0.411 e. The molecule has 0 fully saturated rings. The highest BCUT2D eigenvalue weighted by Gasteiger charge is 2.07. The maximum atomic E-state index is 11.2. The number of hydrogen-bond donors (Lipinski definition) is 1. The molecule has 1 N–H and O–H groups in total. The van der Waals surface area contributed by atoms with Crippen LogP contribution in [0.15, 0.2) is 18.2 Å². The summed E-state index contributed by atoms with van der Waals surface area (Å²) < 4.78 is 4.77. The van der Waals surface area contributed by atoms with Gasteiger partial charge in [-0.2, -0.15) is 0 Å². The fourth-order valence-corrected chi connectivity index (χ4v) is 1.25. The molecule has 0 atom stereocenters. The van der Waals surface area contributed by atoms with Crippen LogP contribution in [-0.4, -0.2) is 18.5 Å². The van der Waals surface area contributed by atoms with Crippen LogP contribution in [0.25, 0.3) is 0 Å². The molecule has 0 heterocycles. The van der Waals surface area contributed by atoms with Gasteiger partial charge >= 0.3 is 6.09 Å². The van der Waals surface area contributed by atoms with Gasteiger partial charge in [0.15, 0.2) is 5.78 Å². The van der Waals surface area contributed by atoms with E-state index in [9.17, 15) is 9.59 Å². The van der Waals surface area contributed by atoms with E-state index in [1.807, 2.05) is 6.92 Å². The second kappa shape index (κ2) is 5.30. The molecule has 0 saturated heterocycles. The van der Waals surface area contributed by atoms with Crippen molar-refractivity contribution in [3.8, 4) is 0 Å². The Morgan fingerprint density at radius 3 is 2.62 bits per heavy atom. The van der Waals surface area contributed by atoms with Gasteiger partial charge in [-0.25, -0.2) is 4.79 Å². The van der Waals surface area contributed by atoms with Gasteiger partial charge in [-0.3, -0.25) is 10.1 Å². The lowest BCUT2D eigenvalue weighted by atomic mass is 10.1. The third-order valence-electron chi connectivity index (χ3n) is 2.16. The van der Waals surface area contributed by atoms with E-state index in [1.165, 1.54) is 6.92 Å². The highest BCUT2D eigenvalue weighted by atomic mass is 16.5. The summed E-state index contributed by atoms with van der Waals surface area (Å²) in [4.78, 5) is 22.4. The molecule has 1 aromatic carbocycles. The van der Waals surface area contributed by atoms with Crippen molar-refractivity contribution in [1.29, 1.82) is 0 Å². The molecule has 0 radical (unpaired) electrons. The SMILES string of the molecule is CCOC(=O)Nc1cc(C(C)=O)ccc1C. The number of aryl methyl sites for hydroxylation is 1. The van der Waals surface area contributed by atoms with E-state index in [1.54, 1.807) is 25.1 Å². The molecule has 0 aliphatic heterocycles. The molecule has 16 heavy (non-hydrogen) atoms. The Morgan fingerprint density at radius 1 is 1.38 bits per heavy atom. The van der Waals surface area contributed by atoms with E-state index in [4.69, 9.17) is 4.74 Å². The molecule has 0 bridgehead atoms. The van der Waals surface area contributed by atoms with Crippen molar-refractivity contribution in [1.82, 2.24) is 0 Å². The topological polar surface area (TPSA) is 55.4 Å². The van der Waals surface area contributed by atoms with Crippen LogP contribution in [0.2, 0.25) is 0 Å².